The lowest BCUT2D eigenvalue weighted by Crippen LogP contribution is -2.09. The van der Waals surface area contributed by atoms with Gasteiger partial charge in [-0.25, -0.2) is 0 Å². The lowest BCUT2D eigenvalue weighted by molar-refractivity contribution is 0.273. The molecule has 0 radical (unpaired) electrons. The van der Waals surface area contributed by atoms with Gasteiger partial charge < -0.3 is 4.74 Å². The van der Waals surface area contributed by atoms with Crippen LogP contribution >= 0.6 is 15.9 Å². The van der Waals surface area contributed by atoms with Crippen LogP contribution in [0.4, 0.5) is 0 Å². The fraction of sp³-hybridized carbons (Fsp3) is 0.364. The van der Waals surface area contributed by atoms with Crippen molar-refractivity contribution in [1.82, 2.24) is 0 Å². The number of halogens is 1. The van der Waals surface area contributed by atoms with Crippen LogP contribution in [0.2, 0.25) is 0 Å². The third-order valence-electron chi connectivity index (χ3n) is 1.85. The van der Waals surface area contributed by atoms with Crippen LogP contribution in [0.25, 0.3) is 0 Å². The molecule has 3 heteroatoms. The molecule has 0 bridgehead atoms. The highest BCUT2D eigenvalue weighted by Gasteiger charge is 2.09. The first-order valence-corrected chi connectivity index (χ1v) is 5.17. The summed E-state index contributed by atoms with van der Waals surface area (Å²) in [5, 5.41) is 8.64. The summed E-state index contributed by atoms with van der Waals surface area (Å²) in [5.41, 5.74) is 2.21. The summed E-state index contributed by atoms with van der Waals surface area (Å²) in [6.45, 7) is 5.72. The second kappa shape index (κ2) is 4.47. The normalized spacial score (nSPS) is 11.9. The van der Waals surface area contributed by atoms with Gasteiger partial charge in [-0.05, 0) is 53.9 Å². The van der Waals surface area contributed by atoms with Crippen molar-refractivity contribution in [3.8, 4) is 11.8 Å². The molecule has 0 heterocycles. The van der Waals surface area contributed by atoms with Gasteiger partial charge in [-0.3, -0.25) is 0 Å². The molecule has 0 spiro atoms. The lowest BCUT2D eigenvalue weighted by atomic mass is 10.1. The van der Waals surface area contributed by atoms with Crippen molar-refractivity contribution in [3.05, 3.63) is 27.7 Å². The molecule has 1 unspecified atom stereocenters. The zero-order valence-corrected chi connectivity index (χ0v) is 10.1. The summed E-state index contributed by atoms with van der Waals surface area (Å²) >= 11 is 3.42. The Kier molecular flexibility index (Phi) is 3.54. The quantitative estimate of drug-likeness (QED) is 0.810. The first-order valence-electron chi connectivity index (χ1n) is 4.37. The Bertz CT molecular complexity index is 358. The Labute approximate surface area is 92.6 Å². The maximum Gasteiger partial charge on any atom is 0.181 e. The Hall–Kier alpha value is -1.01. The van der Waals surface area contributed by atoms with E-state index in [1.54, 1.807) is 6.92 Å². The van der Waals surface area contributed by atoms with E-state index < -0.39 is 6.10 Å². The number of nitriles is 1. The van der Waals surface area contributed by atoms with Crippen molar-refractivity contribution in [2.75, 3.05) is 0 Å². The zero-order valence-electron chi connectivity index (χ0n) is 8.47. The molecule has 1 atom stereocenters. The highest BCUT2D eigenvalue weighted by molar-refractivity contribution is 9.10. The van der Waals surface area contributed by atoms with E-state index in [2.05, 4.69) is 15.9 Å². The maximum atomic E-state index is 8.64. The van der Waals surface area contributed by atoms with Crippen LogP contribution in [0, 0.1) is 25.2 Å². The molecule has 1 aromatic carbocycles. The second-order valence-corrected chi connectivity index (χ2v) is 4.14. The highest BCUT2D eigenvalue weighted by Crippen LogP contribution is 2.30. The Morgan fingerprint density at radius 2 is 2.07 bits per heavy atom. The van der Waals surface area contributed by atoms with Gasteiger partial charge in [0.05, 0.1) is 4.47 Å². The molecule has 0 aromatic heterocycles. The van der Waals surface area contributed by atoms with Crippen LogP contribution in [0.1, 0.15) is 18.1 Å². The molecule has 0 N–H and O–H groups in total. The van der Waals surface area contributed by atoms with Crippen molar-refractivity contribution < 1.29 is 4.74 Å². The number of nitrogens with zero attached hydrogens (tertiary/aromatic N) is 1. The average molecular weight is 254 g/mol. The monoisotopic (exact) mass is 253 g/mol. The van der Waals surface area contributed by atoms with Crippen LogP contribution in [-0.4, -0.2) is 6.10 Å². The smallest absolute Gasteiger partial charge is 0.181 e. The minimum Gasteiger partial charge on any atom is -0.474 e. The van der Waals surface area contributed by atoms with Gasteiger partial charge in [-0.15, -0.1) is 0 Å². The molecular weight excluding hydrogens is 242 g/mol. The van der Waals surface area contributed by atoms with Gasteiger partial charge in [0.1, 0.15) is 11.8 Å². The van der Waals surface area contributed by atoms with Crippen molar-refractivity contribution in [3.63, 3.8) is 0 Å². The topological polar surface area (TPSA) is 33.0 Å². The molecule has 14 heavy (non-hydrogen) atoms. The van der Waals surface area contributed by atoms with E-state index in [0.717, 1.165) is 15.8 Å². The van der Waals surface area contributed by atoms with E-state index in [0.29, 0.717) is 0 Å². The molecule has 0 aliphatic carbocycles. The third kappa shape index (κ3) is 2.49. The van der Waals surface area contributed by atoms with Crippen molar-refractivity contribution in [2.45, 2.75) is 26.9 Å². The SMILES string of the molecule is Cc1cc(C)c(OC(C)C#N)c(Br)c1. The van der Waals surface area contributed by atoms with Crippen LogP contribution in [0.15, 0.2) is 16.6 Å². The molecule has 0 amide bonds. The van der Waals surface area contributed by atoms with E-state index in [4.69, 9.17) is 10.00 Å². The minimum absolute atomic E-state index is 0.423. The molecule has 0 fully saturated rings. The average Bonchev–Trinajstić information content (AvgIpc) is 2.10. The van der Waals surface area contributed by atoms with Crippen LogP contribution in [0.5, 0.6) is 5.75 Å². The molecule has 0 saturated heterocycles. The first kappa shape index (κ1) is 11.1. The van der Waals surface area contributed by atoms with Crippen LogP contribution in [0.3, 0.4) is 0 Å². The number of hydrogen-bond donors (Lipinski definition) is 0. The van der Waals surface area contributed by atoms with Gasteiger partial charge >= 0.3 is 0 Å². The summed E-state index contributed by atoms with van der Waals surface area (Å²) in [4.78, 5) is 0. The summed E-state index contributed by atoms with van der Waals surface area (Å²) in [5.74, 6) is 0.754. The Morgan fingerprint density at radius 1 is 1.43 bits per heavy atom. The van der Waals surface area contributed by atoms with Gasteiger partial charge in [-0.1, -0.05) is 6.07 Å². The summed E-state index contributed by atoms with van der Waals surface area (Å²) in [6.07, 6.45) is -0.423. The molecule has 2 nitrogen and oxygen atoms in total. The molecule has 0 aliphatic heterocycles. The van der Waals surface area contributed by atoms with Crippen molar-refractivity contribution >= 4 is 15.9 Å². The number of aryl methyl sites for hydroxylation is 2. The molecule has 1 aromatic rings. The van der Waals surface area contributed by atoms with E-state index in [1.165, 1.54) is 5.56 Å². The van der Waals surface area contributed by atoms with Gasteiger partial charge in [0.15, 0.2) is 6.10 Å². The van der Waals surface area contributed by atoms with Crippen LogP contribution < -0.4 is 4.74 Å². The van der Waals surface area contributed by atoms with Gasteiger partial charge in [0, 0.05) is 0 Å². The number of ether oxygens (including phenoxy) is 1. The minimum atomic E-state index is -0.423. The van der Waals surface area contributed by atoms with E-state index in [1.807, 2.05) is 32.0 Å². The summed E-state index contributed by atoms with van der Waals surface area (Å²) in [6, 6.07) is 6.05. The molecule has 1 rings (SSSR count). The predicted octanol–water partition coefficient (Wildman–Crippen LogP) is 3.36. The fourth-order valence-corrected chi connectivity index (χ4v) is 2.02. The third-order valence-corrected chi connectivity index (χ3v) is 2.44. The summed E-state index contributed by atoms with van der Waals surface area (Å²) in [7, 11) is 0. The lowest BCUT2D eigenvalue weighted by Gasteiger charge is -2.13. The van der Waals surface area contributed by atoms with Gasteiger partial charge in [-0.2, -0.15) is 5.26 Å². The number of rotatable bonds is 2. The highest BCUT2D eigenvalue weighted by atomic mass is 79.9. The van der Waals surface area contributed by atoms with Crippen molar-refractivity contribution in [2.24, 2.45) is 0 Å². The molecular formula is C11H12BrNO. The first-order chi connectivity index (χ1) is 6.54. The van der Waals surface area contributed by atoms with Crippen molar-refractivity contribution in [1.29, 1.82) is 5.26 Å². The Balaban J connectivity index is 3.04. The standard InChI is InChI=1S/C11H12BrNO/c1-7-4-8(2)11(10(12)5-7)14-9(3)6-13/h4-5,9H,1-3H3. The summed E-state index contributed by atoms with van der Waals surface area (Å²) < 4.78 is 6.37. The second-order valence-electron chi connectivity index (χ2n) is 3.28. The largest absolute Gasteiger partial charge is 0.474 e. The molecule has 0 aliphatic rings. The van der Waals surface area contributed by atoms with E-state index >= 15 is 0 Å². The maximum absolute atomic E-state index is 8.64. The zero-order chi connectivity index (χ0) is 10.7. The van der Waals surface area contributed by atoms with Gasteiger partial charge in [0.25, 0.3) is 0 Å². The predicted molar refractivity (Wildman–Crippen MR) is 59.3 cm³/mol. The van der Waals surface area contributed by atoms with Crippen LogP contribution in [-0.2, 0) is 0 Å². The molecule has 0 saturated carbocycles. The van der Waals surface area contributed by atoms with E-state index in [9.17, 15) is 0 Å². The number of hydrogen-bond acceptors (Lipinski definition) is 2. The number of benzene rings is 1. The Morgan fingerprint density at radius 3 is 2.57 bits per heavy atom. The van der Waals surface area contributed by atoms with E-state index in [-0.39, 0.29) is 0 Å². The van der Waals surface area contributed by atoms with Gasteiger partial charge in [0.2, 0.25) is 0 Å². The molecule has 74 valence electrons. The fourth-order valence-electron chi connectivity index (χ4n) is 1.25.